The van der Waals surface area contributed by atoms with E-state index in [1.807, 2.05) is 0 Å². The van der Waals surface area contributed by atoms with E-state index in [9.17, 15) is 5.26 Å². The van der Waals surface area contributed by atoms with Crippen LogP contribution in [0.4, 0.5) is 0 Å². The van der Waals surface area contributed by atoms with Crippen molar-refractivity contribution in [1.82, 2.24) is 0 Å². The number of hydrogen-bond donors (Lipinski definition) is 0. The van der Waals surface area contributed by atoms with Crippen molar-refractivity contribution in [3.63, 3.8) is 0 Å². The van der Waals surface area contributed by atoms with Gasteiger partial charge in [0.2, 0.25) is 0 Å². The normalized spacial score (nSPS) is 42.7. The van der Waals surface area contributed by atoms with Gasteiger partial charge in [-0.15, -0.1) is 0 Å². The smallest absolute Gasteiger partial charge is 0.0696 e. The molecule has 0 heterocycles. The first-order chi connectivity index (χ1) is 8.19. The number of nitrogens with zero attached hydrogens (tertiary/aromatic N) is 3. The zero-order chi connectivity index (χ0) is 12.5. The summed E-state index contributed by atoms with van der Waals surface area (Å²) in [5.41, 5.74) is -0.333. The van der Waals surface area contributed by atoms with E-state index in [1.54, 1.807) is 0 Å². The van der Waals surface area contributed by atoms with Gasteiger partial charge in [-0.2, -0.15) is 15.8 Å². The average Bonchev–Trinajstić information content (AvgIpc) is 2.85. The molecule has 0 aromatic rings. The van der Waals surface area contributed by atoms with Crippen LogP contribution < -0.4 is 0 Å². The molecule has 0 radical (unpaired) electrons. The van der Waals surface area contributed by atoms with Crippen molar-refractivity contribution in [3.8, 4) is 18.2 Å². The van der Waals surface area contributed by atoms with Crippen molar-refractivity contribution in [2.75, 3.05) is 0 Å². The second kappa shape index (κ2) is 4.38. The van der Waals surface area contributed by atoms with Crippen LogP contribution in [0.25, 0.3) is 0 Å². The van der Waals surface area contributed by atoms with Gasteiger partial charge in [0.15, 0.2) is 0 Å². The highest BCUT2D eigenvalue weighted by atomic mass is 14.6. The van der Waals surface area contributed by atoms with E-state index < -0.39 is 0 Å². The average molecular weight is 227 g/mol. The second-order valence-electron chi connectivity index (χ2n) is 5.56. The lowest BCUT2D eigenvalue weighted by atomic mass is 9.61. The maximum absolute atomic E-state index is 9.58. The highest BCUT2D eigenvalue weighted by molar-refractivity contribution is 5.17. The molecule has 2 aliphatic carbocycles. The minimum Gasteiger partial charge on any atom is -0.198 e. The Morgan fingerprint density at radius 2 is 1.94 bits per heavy atom. The quantitative estimate of drug-likeness (QED) is 0.744. The number of nitriles is 3. The molecular weight excluding hydrogens is 210 g/mol. The SMILES string of the molecule is CC1C2CC(CC#N)C(C2)C1(C#N)CCC#N. The van der Waals surface area contributed by atoms with Crippen molar-refractivity contribution in [2.24, 2.45) is 29.1 Å². The predicted molar refractivity (Wildman–Crippen MR) is 62.0 cm³/mol. The third kappa shape index (κ3) is 1.60. The van der Waals surface area contributed by atoms with Gasteiger partial charge in [-0.25, -0.2) is 0 Å². The van der Waals surface area contributed by atoms with Crippen LogP contribution in [0, 0.1) is 63.1 Å². The van der Waals surface area contributed by atoms with Gasteiger partial charge in [0.1, 0.15) is 0 Å². The Balaban J connectivity index is 2.24. The molecule has 3 nitrogen and oxygen atoms in total. The molecule has 2 saturated carbocycles. The number of fused-ring (bicyclic) bond motifs is 2. The Morgan fingerprint density at radius 1 is 1.18 bits per heavy atom. The molecule has 5 unspecified atom stereocenters. The molecule has 2 fully saturated rings. The summed E-state index contributed by atoms with van der Waals surface area (Å²) >= 11 is 0. The Labute approximate surface area is 103 Å². The Morgan fingerprint density at radius 3 is 2.47 bits per heavy atom. The minimum atomic E-state index is -0.333. The van der Waals surface area contributed by atoms with Crippen molar-refractivity contribution in [2.45, 2.75) is 39.0 Å². The van der Waals surface area contributed by atoms with E-state index in [-0.39, 0.29) is 5.41 Å². The summed E-state index contributed by atoms with van der Waals surface area (Å²) in [6, 6.07) is 6.94. The second-order valence-corrected chi connectivity index (χ2v) is 5.56. The fraction of sp³-hybridized carbons (Fsp3) is 0.786. The third-order valence-corrected chi connectivity index (χ3v) is 5.12. The fourth-order valence-corrected chi connectivity index (χ4v) is 4.22. The van der Waals surface area contributed by atoms with E-state index in [0.29, 0.717) is 42.9 Å². The Bertz CT molecular complexity index is 422. The maximum Gasteiger partial charge on any atom is 0.0696 e. The standard InChI is InChI=1S/C14H17N3/c1-10-12-7-11(3-6-16)13(8-12)14(10,9-17)4-2-5-15/h10-13H,2-4,7-8H2,1H3. The van der Waals surface area contributed by atoms with Crippen molar-refractivity contribution < 1.29 is 0 Å². The molecule has 0 amide bonds. The van der Waals surface area contributed by atoms with Crippen LogP contribution in [0.3, 0.4) is 0 Å². The summed E-state index contributed by atoms with van der Waals surface area (Å²) in [6.45, 7) is 2.16. The van der Waals surface area contributed by atoms with Gasteiger partial charge in [0, 0.05) is 12.8 Å². The molecule has 2 aliphatic rings. The lowest BCUT2D eigenvalue weighted by molar-refractivity contribution is 0.0995. The Hall–Kier alpha value is -1.53. The molecule has 17 heavy (non-hydrogen) atoms. The highest BCUT2D eigenvalue weighted by Gasteiger charge is 2.59. The lowest BCUT2D eigenvalue weighted by Gasteiger charge is -2.40. The minimum absolute atomic E-state index is 0.333. The summed E-state index contributed by atoms with van der Waals surface area (Å²) < 4.78 is 0. The zero-order valence-electron chi connectivity index (χ0n) is 10.2. The van der Waals surface area contributed by atoms with Crippen LogP contribution in [-0.4, -0.2) is 0 Å². The number of rotatable bonds is 3. The molecule has 5 atom stereocenters. The van der Waals surface area contributed by atoms with Crippen LogP contribution in [0.1, 0.15) is 39.0 Å². The van der Waals surface area contributed by atoms with E-state index in [1.165, 1.54) is 0 Å². The van der Waals surface area contributed by atoms with Gasteiger partial charge in [0.25, 0.3) is 0 Å². The van der Waals surface area contributed by atoms with Gasteiger partial charge in [-0.1, -0.05) is 6.92 Å². The molecule has 0 saturated heterocycles. The van der Waals surface area contributed by atoms with Crippen molar-refractivity contribution in [1.29, 1.82) is 15.8 Å². The molecular formula is C14H17N3. The topological polar surface area (TPSA) is 71.4 Å². The monoisotopic (exact) mass is 227 g/mol. The largest absolute Gasteiger partial charge is 0.198 e. The summed E-state index contributed by atoms with van der Waals surface area (Å²) in [6.07, 6.45) is 3.91. The molecule has 0 aliphatic heterocycles. The van der Waals surface area contributed by atoms with Crippen LogP contribution >= 0.6 is 0 Å². The maximum atomic E-state index is 9.58. The first kappa shape index (κ1) is 11.9. The predicted octanol–water partition coefficient (Wildman–Crippen LogP) is 3.01. The van der Waals surface area contributed by atoms with E-state index >= 15 is 0 Å². The number of hydrogen-bond acceptors (Lipinski definition) is 3. The molecule has 0 spiro atoms. The lowest BCUT2D eigenvalue weighted by Crippen LogP contribution is -2.37. The molecule has 0 N–H and O–H groups in total. The summed E-state index contributed by atoms with van der Waals surface area (Å²) in [5, 5.41) is 27.2. The summed E-state index contributed by atoms with van der Waals surface area (Å²) in [5.74, 6) is 1.72. The molecule has 0 aromatic heterocycles. The summed E-state index contributed by atoms with van der Waals surface area (Å²) in [4.78, 5) is 0. The van der Waals surface area contributed by atoms with Crippen molar-refractivity contribution in [3.05, 3.63) is 0 Å². The first-order valence-electron chi connectivity index (χ1n) is 6.34. The summed E-state index contributed by atoms with van der Waals surface area (Å²) in [7, 11) is 0. The molecule has 3 heteroatoms. The zero-order valence-corrected chi connectivity index (χ0v) is 10.2. The molecule has 2 bridgehead atoms. The van der Waals surface area contributed by atoms with E-state index in [0.717, 1.165) is 12.8 Å². The third-order valence-electron chi connectivity index (χ3n) is 5.12. The van der Waals surface area contributed by atoms with Crippen LogP contribution in [0.5, 0.6) is 0 Å². The van der Waals surface area contributed by atoms with Crippen LogP contribution in [0.2, 0.25) is 0 Å². The van der Waals surface area contributed by atoms with E-state index in [2.05, 4.69) is 25.1 Å². The molecule has 88 valence electrons. The van der Waals surface area contributed by atoms with Crippen LogP contribution in [0.15, 0.2) is 0 Å². The fourth-order valence-electron chi connectivity index (χ4n) is 4.22. The van der Waals surface area contributed by atoms with Crippen molar-refractivity contribution >= 4 is 0 Å². The van der Waals surface area contributed by atoms with Crippen LogP contribution in [-0.2, 0) is 0 Å². The molecule has 0 aromatic carbocycles. The Kier molecular flexibility index (Phi) is 3.08. The van der Waals surface area contributed by atoms with Gasteiger partial charge in [-0.3, -0.25) is 0 Å². The van der Waals surface area contributed by atoms with E-state index in [4.69, 9.17) is 10.5 Å². The molecule has 2 rings (SSSR count). The first-order valence-corrected chi connectivity index (χ1v) is 6.34. The highest BCUT2D eigenvalue weighted by Crippen LogP contribution is 2.63. The van der Waals surface area contributed by atoms with Gasteiger partial charge >= 0.3 is 0 Å². The van der Waals surface area contributed by atoms with Gasteiger partial charge in [0.05, 0.1) is 23.6 Å². The van der Waals surface area contributed by atoms with Gasteiger partial charge in [-0.05, 0) is 42.9 Å². The van der Waals surface area contributed by atoms with Gasteiger partial charge < -0.3 is 0 Å².